The molecule has 2 aromatic rings. The van der Waals surface area contributed by atoms with Gasteiger partial charge in [-0.1, -0.05) is 29.9 Å². The summed E-state index contributed by atoms with van der Waals surface area (Å²) in [7, 11) is -3.76. The second-order valence-corrected chi connectivity index (χ2v) is 10.00. The molecular weight excluding hydrogens is 434 g/mol. The van der Waals surface area contributed by atoms with Gasteiger partial charge in [-0.15, -0.1) is 0 Å². The number of sulfone groups is 1. The molecule has 1 aliphatic carbocycles. The minimum atomic E-state index is -3.76. The highest BCUT2D eigenvalue weighted by molar-refractivity contribution is 7.92. The minimum Gasteiger partial charge on any atom is -0.454 e. The number of fused-ring (bicyclic) bond motifs is 1. The number of thiocarbonyl (C=S) groups is 1. The lowest BCUT2D eigenvalue weighted by Crippen LogP contribution is -2.33. The first-order valence-electron chi connectivity index (χ1n) is 9.09. The first-order chi connectivity index (χ1) is 13.8. The summed E-state index contributed by atoms with van der Waals surface area (Å²) in [5.74, 6) is 0.740. The third kappa shape index (κ3) is 3.28. The van der Waals surface area contributed by atoms with Crippen LogP contribution in [0.15, 0.2) is 47.4 Å². The Bertz CT molecular complexity index is 1060. The van der Waals surface area contributed by atoms with E-state index in [9.17, 15) is 8.42 Å². The molecule has 0 spiro atoms. The van der Waals surface area contributed by atoms with Crippen LogP contribution < -0.4 is 15.2 Å². The van der Waals surface area contributed by atoms with Gasteiger partial charge in [-0.05, 0) is 48.9 Å². The zero-order valence-corrected chi connectivity index (χ0v) is 18.0. The van der Waals surface area contributed by atoms with Crippen LogP contribution in [0.4, 0.5) is 0 Å². The number of hydrogen-bond donors (Lipinski definition) is 1. The van der Waals surface area contributed by atoms with E-state index >= 15 is 0 Å². The Morgan fingerprint density at radius 3 is 2.59 bits per heavy atom. The van der Waals surface area contributed by atoms with Gasteiger partial charge in [0.2, 0.25) is 6.79 Å². The highest BCUT2D eigenvalue weighted by Crippen LogP contribution is 2.65. The van der Waals surface area contributed by atoms with Crippen molar-refractivity contribution in [1.82, 2.24) is 0 Å². The fourth-order valence-corrected chi connectivity index (χ4v) is 6.92. The number of hydrogen-bond acceptors (Lipinski definition) is 6. The Morgan fingerprint density at radius 1 is 1.24 bits per heavy atom. The van der Waals surface area contributed by atoms with Crippen LogP contribution in [0, 0.1) is 5.41 Å². The summed E-state index contributed by atoms with van der Waals surface area (Å²) in [6.07, 6.45) is 0. The Kier molecular flexibility index (Phi) is 5.23. The fraction of sp³-hybridized carbons (Fsp3) is 0.350. The molecule has 0 unspecified atom stereocenters. The van der Waals surface area contributed by atoms with E-state index in [0.29, 0.717) is 23.1 Å². The Hall–Kier alpha value is -1.87. The third-order valence-electron chi connectivity index (χ3n) is 5.49. The summed E-state index contributed by atoms with van der Waals surface area (Å²) in [6.45, 7) is 2.52. The Morgan fingerprint density at radius 2 is 1.93 bits per heavy atom. The number of nitrogens with two attached hydrogens (primary N) is 1. The maximum atomic E-state index is 13.5. The average molecular weight is 454 g/mol. The molecule has 1 saturated carbocycles. The van der Waals surface area contributed by atoms with E-state index in [4.69, 9.17) is 43.8 Å². The van der Waals surface area contributed by atoms with Crippen molar-refractivity contribution in [2.45, 2.75) is 23.0 Å². The van der Waals surface area contributed by atoms with E-state index in [1.807, 2.05) is 13.0 Å². The Labute approximate surface area is 179 Å². The number of rotatable bonds is 7. The number of benzene rings is 2. The summed E-state index contributed by atoms with van der Waals surface area (Å²) in [5, 5.41) is -0.386. The van der Waals surface area contributed by atoms with Crippen molar-refractivity contribution >= 4 is 38.6 Å². The molecule has 3 atom stereocenters. The molecule has 0 radical (unpaired) electrons. The quantitative estimate of drug-likeness (QED) is 0.643. The van der Waals surface area contributed by atoms with Crippen LogP contribution in [0.5, 0.6) is 11.5 Å². The van der Waals surface area contributed by atoms with Crippen molar-refractivity contribution in [3.8, 4) is 11.5 Å². The molecule has 29 heavy (non-hydrogen) atoms. The maximum absolute atomic E-state index is 13.5. The summed E-state index contributed by atoms with van der Waals surface area (Å²) in [5.41, 5.74) is 5.88. The summed E-state index contributed by atoms with van der Waals surface area (Å²) >= 11 is 11.3. The lowest BCUT2D eigenvalue weighted by molar-refractivity contribution is 0.121. The van der Waals surface area contributed by atoms with Gasteiger partial charge in [0, 0.05) is 17.5 Å². The zero-order chi connectivity index (χ0) is 20.8. The van der Waals surface area contributed by atoms with Gasteiger partial charge in [0.05, 0.1) is 27.2 Å². The monoisotopic (exact) mass is 453 g/mol. The van der Waals surface area contributed by atoms with E-state index in [1.54, 1.807) is 24.3 Å². The third-order valence-corrected chi connectivity index (χ3v) is 8.41. The minimum absolute atomic E-state index is 0.120. The van der Waals surface area contributed by atoms with Gasteiger partial charge in [0.25, 0.3) is 0 Å². The summed E-state index contributed by atoms with van der Waals surface area (Å²) in [6, 6.07) is 11.5. The topological polar surface area (TPSA) is 87.8 Å². The molecule has 154 valence electrons. The first-order valence-corrected chi connectivity index (χ1v) is 11.4. The van der Waals surface area contributed by atoms with E-state index in [0.717, 1.165) is 5.56 Å². The molecule has 0 aromatic heterocycles. The van der Waals surface area contributed by atoms with Gasteiger partial charge in [-0.2, -0.15) is 0 Å². The van der Waals surface area contributed by atoms with E-state index < -0.39 is 26.4 Å². The molecule has 0 bridgehead atoms. The lowest BCUT2D eigenvalue weighted by Gasteiger charge is -2.17. The van der Waals surface area contributed by atoms with Gasteiger partial charge < -0.3 is 19.9 Å². The van der Waals surface area contributed by atoms with Crippen LogP contribution in [0.2, 0.25) is 5.02 Å². The molecule has 9 heteroatoms. The smallest absolute Gasteiger partial charge is 0.231 e. The molecule has 1 fully saturated rings. The highest BCUT2D eigenvalue weighted by atomic mass is 35.5. The molecule has 0 amide bonds. The van der Waals surface area contributed by atoms with E-state index in [1.165, 1.54) is 12.1 Å². The van der Waals surface area contributed by atoms with Crippen LogP contribution in [0.25, 0.3) is 0 Å². The van der Waals surface area contributed by atoms with Crippen LogP contribution in [-0.2, 0) is 14.6 Å². The maximum Gasteiger partial charge on any atom is 0.231 e. The van der Waals surface area contributed by atoms with Gasteiger partial charge in [-0.3, -0.25) is 0 Å². The average Bonchev–Trinajstić information content (AvgIpc) is 3.18. The zero-order valence-electron chi connectivity index (χ0n) is 15.6. The van der Waals surface area contributed by atoms with Crippen LogP contribution >= 0.6 is 23.8 Å². The second kappa shape index (κ2) is 7.43. The predicted octanol–water partition coefficient (Wildman–Crippen LogP) is 3.32. The van der Waals surface area contributed by atoms with Gasteiger partial charge in [0.15, 0.2) is 21.3 Å². The molecule has 2 aromatic carbocycles. The van der Waals surface area contributed by atoms with Crippen molar-refractivity contribution in [2.75, 3.05) is 20.0 Å². The van der Waals surface area contributed by atoms with Gasteiger partial charge in [-0.25, -0.2) is 8.42 Å². The standard InChI is InChI=1S/C20H20ClNO5S2/c1-2-25-10-20(19(22)28)17(12-3-8-15-16(9-12)27-11-26-15)18(20)29(23,24)14-6-4-13(21)5-7-14/h3-9,17-18H,2,10-11H2,1H3,(H2,22,28)/t17-,18+,20+/m1/s1. The number of ether oxygens (including phenoxy) is 3. The fourth-order valence-electron chi connectivity index (χ4n) is 4.02. The van der Waals surface area contributed by atoms with Crippen molar-refractivity contribution < 1.29 is 22.6 Å². The van der Waals surface area contributed by atoms with Gasteiger partial charge in [0.1, 0.15) is 0 Å². The molecule has 1 heterocycles. The van der Waals surface area contributed by atoms with Crippen molar-refractivity contribution in [3.63, 3.8) is 0 Å². The SMILES string of the molecule is CCOC[C@]1(C(N)=S)[C@H](c2ccc3c(c2)OCO3)[C@@H]1S(=O)(=O)c1ccc(Cl)cc1. The number of halogens is 1. The molecule has 2 N–H and O–H groups in total. The van der Waals surface area contributed by atoms with Crippen LogP contribution in [0.3, 0.4) is 0 Å². The molecular formula is C20H20ClNO5S2. The van der Waals surface area contributed by atoms with Crippen molar-refractivity contribution in [3.05, 3.63) is 53.1 Å². The first kappa shape index (κ1) is 20.4. The van der Waals surface area contributed by atoms with Gasteiger partial charge >= 0.3 is 0 Å². The second-order valence-electron chi connectivity index (χ2n) is 7.05. The molecule has 2 aliphatic rings. The van der Waals surface area contributed by atoms with Crippen LogP contribution in [0.1, 0.15) is 18.4 Å². The van der Waals surface area contributed by atoms with E-state index in [2.05, 4.69) is 0 Å². The van der Waals surface area contributed by atoms with Crippen molar-refractivity contribution in [2.24, 2.45) is 11.1 Å². The lowest BCUT2D eigenvalue weighted by atomic mass is 9.99. The largest absolute Gasteiger partial charge is 0.454 e. The molecule has 4 rings (SSSR count). The molecule has 0 saturated heterocycles. The predicted molar refractivity (Wildman–Crippen MR) is 113 cm³/mol. The summed E-state index contributed by atoms with van der Waals surface area (Å²) in [4.78, 5) is 0.295. The summed E-state index contributed by atoms with van der Waals surface area (Å²) < 4.78 is 43.5. The highest BCUT2D eigenvalue weighted by Gasteiger charge is 2.73. The Balaban J connectivity index is 1.80. The molecule has 6 nitrogen and oxygen atoms in total. The van der Waals surface area contributed by atoms with Crippen molar-refractivity contribution in [1.29, 1.82) is 0 Å². The van der Waals surface area contributed by atoms with E-state index in [-0.39, 0.29) is 23.3 Å². The normalized spacial score (nSPS) is 25.0. The van der Waals surface area contributed by atoms with Crippen LogP contribution in [-0.4, -0.2) is 38.7 Å². The molecule has 1 aliphatic heterocycles.